The van der Waals surface area contributed by atoms with Gasteiger partial charge in [-0.1, -0.05) is 135 Å². The van der Waals surface area contributed by atoms with Crippen molar-refractivity contribution in [2.24, 2.45) is 0 Å². The Hall–Kier alpha value is -3.12. The molecule has 2 atom stereocenters. The molecule has 162 valence electrons. The minimum absolute atomic E-state index is 0.0401. The van der Waals surface area contributed by atoms with Gasteiger partial charge in [-0.15, -0.1) is 0 Å². The van der Waals surface area contributed by atoms with Gasteiger partial charge >= 0.3 is 0 Å². The molecule has 0 aliphatic carbocycles. The monoisotopic (exact) mass is 418 g/mol. The molecular formula is C32H34. The average Bonchev–Trinajstić information content (AvgIpc) is 2.88. The lowest BCUT2D eigenvalue weighted by atomic mass is 9.50. The van der Waals surface area contributed by atoms with E-state index in [0.29, 0.717) is 0 Å². The smallest absolute Gasteiger partial charge is 0.00905 e. The summed E-state index contributed by atoms with van der Waals surface area (Å²) in [6, 6.07) is 44.6. The maximum Gasteiger partial charge on any atom is 0.00905 e. The van der Waals surface area contributed by atoms with Crippen LogP contribution in [0.4, 0.5) is 0 Å². The summed E-state index contributed by atoms with van der Waals surface area (Å²) in [5.41, 5.74) is 5.60. The summed E-state index contributed by atoms with van der Waals surface area (Å²) in [5, 5.41) is 0. The Labute approximate surface area is 194 Å². The third kappa shape index (κ3) is 4.15. The molecule has 0 radical (unpaired) electrons. The van der Waals surface area contributed by atoms with E-state index in [9.17, 15) is 0 Å². The number of hydrogen-bond acceptors (Lipinski definition) is 0. The van der Waals surface area contributed by atoms with Gasteiger partial charge in [0.15, 0.2) is 0 Å². The fourth-order valence-corrected chi connectivity index (χ4v) is 5.83. The van der Waals surface area contributed by atoms with Crippen LogP contribution in [-0.2, 0) is 23.7 Å². The Bertz CT molecular complexity index is 979. The van der Waals surface area contributed by atoms with E-state index in [1.165, 1.54) is 22.3 Å². The molecule has 0 amide bonds. The zero-order valence-electron chi connectivity index (χ0n) is 19.4. The van der Waals surface area contributed by atoms with E-state index in [4.69, 9.17) is 0 Å². The van der Waals surface area contributed by atoms with Gasteiger partial charge in [0.25, 0.3) is 0 Å². The predicted octanol–water partition coefficient (Wildman–Crippen LogP) is 8.17. The maximum atomic E-state index is 2.38. The van der Waals surface area contributed by atoms with Crippen molar-refractivity contribution < 1.29 is 0 Å². The summed E-state index contributed by atoms with van der Waals surface area (Å²) in [6.07, 6.45) is 4.18. The molecule has 0 heteroatoms. The SMILES string of the molecule is CCC(Cc1ccccc1)(c1ccccc1)C(CC)(Cc1ccccc1)c1ccccc1. The van der Waals surface area contributed by atoms with Crippen LogP contribution in [0.1, 0.15) is 48.9 Å². The molecule has 0 nitrogen and oxygen atoms in total. The second kappa shape index (κ2) is 10.0. The third-order valence-corrected chi connectivity index (χ3v) is 7.47. The Morgan fingerprint density at radius 1 is 0.406 bits per heavy atom. The largest absolute Gasteiger partial charge is 0.0645 e. The fourth-order valence-electron chi connectivity index (χ4n) is 5.83. The Morgan fingerprint density at radius 2 is 0.688 bits per heavy atom. The molecular weight excluding hydrogens is 384 g/mol. The average molecular weight is 419 g/mol. The molecule has 0 N–H and O–H groups in total. The number of hydrogen-bond donors (Lipinski definition) is 0. The van der Waals surface area contributed by atoms with Crippen LogP contribution in [0, 0.1) is 0 Å². The summed E-state index contributed by atoms with van der Waals surface area (Å²) < 4.78 is 0. The van der Waals surface area contributed by atoms with Crippen LogP contribution in [-0.4, -0.2) is 0 Å². The van der Waals surface area contributed by atoms with Crippen LogP contribution in [0.2, 0.25) is 0 Å². The lowest BCUT2D eigenvalue weighted by molar-refractivity contribution is 0.187. The molecule has 0 aromatic heterocycles. The van der Waals surface area contributed by atoms with Gasteiger partial charge in [-0.05, 0) is 47.9 Å². The third-order valence-electron chi connectivity index (χ3n) is 7.47. The van der Waals surface area contributed by atoms with Crippen molar-refractivity contribution in [3.05, 3.63) is 144 Å². The highest BCUT2D eigenvalue weighted by Crippen LogP contribution is 2.52. The van der Waals surface area contributed by atoms with Gasteiger partial charge in [0.05, 0.1) is 0 Å². The highest BCUT2D eigenvalue weighted by molar-refractivity contribution is 5.43. The first-order valence-electron chi connectivity index (χ1n) is 11.9. The highest BCUT2D eigenvalue weighted by atomic mass is 14.5. The van der Waals surface area contributed by atoms with Crippen molar-refractivity contribution >= 4 is 0 Å². The quantitative estimate of drug-likeness (QED) is 0.257. The summed E-state index contributed by atoms with van der Waals surface area (Å²) in [5.74, 6) is 0. The van der Waals surface area contributed by atoms with Gasteiger partial charge < -0.3 is 0 Å². The second-order valence-electron chi connectivity index (χ2n) is 8.93. The summed E-state index contributed by atoms with van der Waals surface area (Å²) in [6.45, 7) is 4.77. The molecule has 0 aliphatic heterocycles. The number of benzene rings is 4. The summed E-state index contributed by atoms with van der Waals surface area (Å²) in [4.78, 5) is 0. The van der Waals surface area contributed by atoms with Crippen molar-refractivity contribution in [3.63, 3.8) is 0 Å². The van der Waals surface area contributed by atoms with E-state index < -0.39 is 0 Å². The second-order valence-corrected chi connectivity index (χ2v) is 8.93. The zero-order chi connectivity index (χ0) is 22.3. The molecule has 0 saturated carbocycles. The number of rotatable bonds is 9. The van der Waals surface area contributed by atoms with Gasteiger partial charge in [-0.3, -0.25) is 0 Å². The first-order valence-corrected chi connectivity index (χ1v) is 11.9. The lowest BCUT2D eigenvalue weighted by Crippen LogP contribution is -2.51. The minimum Gasteiger partial charge on any atom is -0.0645 e. The molecule has 0 heterocycles. The normalized spacial score (nSPS) is 14.9. The van der Waals surface area contributed by atoms with E-state index in [0.717, 1.165) is 25.7 Å². The summed E-state index contributed by atoms with van der Waals surface area (Å²) >= 11 is 0. The van der Waals surface area contributed by atoms with Crippen molar-refractivity contribution in [1.82, 2.24) is 0 Å². The molecule has 0 fully saturated rings. The topological polar surface area (TPSA) is 0 Å². The fraction of sp³-hybridized carbons (Fsp3) is 0.250. The Balaban J connectivity index is 1.99. The molecule has 0 aliphatic rings. The van der Waals surface area contributed by atoms with Crippen LogP contribution in [0.15, 0.2) is 121 Å². The summed E-state index contributed by atoms with van der Waals surface area (Å²) in [7, 11) is 0. The minimum atomic E-state index is -0.0401. The molecule has 4 aromatic carbocycles. The van der Waals surface area contributed by atoms with E-state index in [2.05, 4.69) is 135 Å². The molecule has 4 rings (SSSR count). The van der Waals surface area contributed by atoms with Gasteiger partial charge in [-0.2, -0.15) is 0 Å². The molecule has 0 spiro atoms. The van der Waals surface area contributed by atoms with E-state index in [1.807, 2.05) is 0 Å². The van der Waals surface area contributed by atoms with Crippen LogP contribution in [0.5, 0.6) is 0 Å². The van der Waals surface area contributed by atoms with E-state index in [1.54, 1.807) is 0 Å². The van der Waals surface area contributed by atoms with Crippen molar-refractivity contribution in [2.45, 2.75) is 50.4 Å². The molecule has 4 aromatic rings. The Kier molecular flexibility index (Phi) is 6.90. The van der Waals surface area contributed by atoms with Crippen molar-refractivity contribution in [3.8, 4) is 0 Å². The maximum absolute atomic E-state index is 2.38. The van der Waals surface area contributed by atoms with Gasteiger partial charge in [-0.25, -0.2) is 0 Å². The molecule has 0 saturated heterocycles. The van der Waals surface area contributed by atoms with Crippen LogP contribution < -0.4 is 0 Å². The van der Waals surface area contributed by atoms with Crippen LogP contribution in [0.25, 0.3) is 0 Å². The van der Waals surface area contributed by atoms with Crippen LogP contribution in [0.3, 0.4) is 0 Å². The van der Waals surface area contributed by atoms with Crippen LogP contribution >= 0.6 is 0 Å². The van der Waals surface area contributed by atoms with Gasteiger partial charge in [0.2, 0.25) is 0 Å². The zero-order valence-corrected chi connectivity index (χ0v) is 19.4. The van der Waals surface area contributed by atoms with Crippen molar-refractivity contribution in [1.29, 1.82) is 0 Å². The van der Waals surface area contributed by atoms with Gasteiger partial charge in [0, 0.05) is 10.8 Å². The predicted molar refractivity (Wildman–Crippen MR) is 137 cm³/mol. The van der Waals surface area contributed by atoms with E-state index >= 15 is 0 Å². The van der Waals surface area contributed by atoms with E-state index in [-0.39, 0.29) is 10.8 Å². The first-order chi connectivity index (χ1) is 15.7. The lowest BCUT2D eigenvalue weighted by Gasteiger charge is -2.52. The molecule has 32 heavy (non-hydrogen) atoms. The highest BCUT2D eigenvalue weighted by Gasteiger charge is 2.50. The van der Waals surface area contributed by atoms with Gasteiger partial charge in [0.1, 0.15) is 0 Å². The Morgan fingerprint density at radius 3 is 0.969 bits per heavy atom. The standard InChI is InChI=1S/C32H34/c1-3-31(29-21-13-7-14-22-29,25-27-17-9-5-10-18-27)32(4-2,30-23-15-8-16-24-30)26-28-19-11-6-12-20-28/h5-24H,3-4,25-26H2,1-2H3. The first kappa shape index (κ1) is 22.1. The molecule has 2 unspecified atom stereocenters. The van der Waals surface area contributed by atoms with Crippen molar-refractivity contribution in [2.75, 3.05) is 0 Å². The molecule has 0 bridgehead atoms.